The van der Waals surface area contributed by atoms with Gasteiger partial charge in [0.25, 0.3) is 5.91 Å². The fourth-order valence-corrected chi connectivity index (χ4v) is 3.39. The molecular weight excluding hydrogens is 467 g/mol. The summed E-state index contributed by atoms with van der Waals surface area (Å²) in [7, 11) is 0. The van der Waals surface area contributed by atoms with Gasteiger partial charge in [0.15, 0.2) is 0 Å². The number of amides is 1. The lowest BCUT2D eigenvalue weighted by Crippen LogP contribution is -2.16. The van der Waals surface area contributed by atoms with E-state index in [-0.39, 0.29) is 28.0 Å². The van der Waals surface area contributed by atoms with Gasteiger partial charge in [-0.1, -0.05) is 23.7 Å². The minimum Gasteiger partial charge on any atom is -0.422 e. The molecule has 1 N–H and O–H groups in total. The van der Waals surface area contributed by atoms with Gasteiger partial charge in [-0.15, -0.1) is 0 Å². The molecule has 0 radical (unpaired) electrons. The average Bonchev–Trinajstić information content (AvgIpc) is 2.80. The SMILES string of the molecule is O=C(Oc1ccc(-c2ccc(F)cc2F)cc1C(=O)Nc1cccc(Cl)c1)c1ccc(F)cc1. The molecule has 8 heteroatoms. The summed E-state index contributed by atoms with van der Waals surface area (Å²) in [4.78, 5) is 25.6. The number of ether oxygens (including phenoxy) is 1. The Kier molecular flexibility index (Phi) is 6.65. The first-order valence-electron chi connectivity index (χ1n) is 9.94. The minimum absolute atomic E-state index is 0.0506. The second-order valence-corrected chi connectivity index (χ2v) is 7.63. The van der Waals surface area contributed by atoms with E-state index in [0.29, 0.717) is 10.7 Å². The van der Waals surface area contributed by atoms with Crippen molar-refractivity contribution in [1.29, 1.82) is 0 Å². The van der Waals surface area contributed by atoms with Gasteiger partial charge >= 0.3 is 5.97 Å². The minimum atomic E-state index is -0.822. The highest BCUT2D eigenvalue weighted by atomic mass is 35.5. The van der Waals surface area contributed by atoms with Crippen molar-refractivity contribution in [3.63, 3.8) is 0 Å². The third-order valence-corrected chi connectivity index (χ3v) is 5.07. The van der Waals surface area contributed by atoms with Gasteiger partial charge in [-0.2, -0.15) is 0 Å². The summed E-state index contributed by atoms with van der Waals surface area (Å²) in [5, 5.41) is 3.04. The van der Waals surface area contributed by atoms with Crippen LogP contribution in [0.5, 0.6) is 5.75 Å². The highest BCUT2D eigenvalue weighted by molar-refractivity contribution is 6.31. The Bertz CT molecular complexity index is 1390. The number of hydrogen-bond acceptors (Lipinski definition) is 3. The molecule has 0 aliphatic heterocycles. The first-order chi connectivity index (χ1) is 16.3. The van der Waals surface area contributed by atoms with E-state index >= 15 is 0 Å². The lowest BCUT2D eigenvalue weighted by Gasteiger charge is -2.13. The molecule has 0 aliphatic carbocycles. The standard InChI is InChI=1S/C26H15ClF3NO3/c27-17-2-1-3-20(13-17)31-25(32)22-12-16(21-10-9-19(29)14-23(21)30)6-11-24(22)34-26(33)15-4-7-18(28)8-5-15/h1-14H,(H,31,32). The van der Waals surface area contributed by atoms with Crippen LogP contribution in [0.1, 0.15) is 20.7 Å². The Morgan fingerprint density at radius 2 is 1.53 bits per heavy atom. The molecule has 0 saturated carbocycles. The molecule has 4 aromatic rings. The molecule has 34 heavy (non-hydrogen) atoms. The lowest BCUT2D eigenvalue weighted by molar-refractivity contribution is 0.0733. The molecule has 4 rings (SSSR count). The molecule has 0 bridgehead atoms. The maximum Gasteiger partial charge on any atom is 0.343 e. The van der Waals surface area contributed by atoms with Crippen molar-refractivity contribution in [2.75, 3.05) is 5.32 Å². The Balaban J connectivity index is 1.72. The van der Waals surface area contributed by atoms with Crippen molar-refractivity contribution in [3.8, 4) is 16.9 Å². The smallest absolute Gasteiger partial charge is 0.343 e. The number of hydrogen-bond donors (Lipinski definition) is 1. The quantitative estimate of drug-likeness (QED) is 0.249. The van der Waals surface area contributed by atoms with Crippen LogP contribution in [-0.2, 0) is 0 Å². The van der Waals surface area contributed by atoms with E-state index in [1.54, 1.807) is 18.2 Å². The normalized spacial score (nSPS) is 10.6. The van der Waals surface area contributed by atoms with Gasteiger partial charge < -0.3 is 10.1 Å². The van der Waals surface area contributed by atoms with Gasteiger partial charge in [0.05, 0.1) is 11.1 Å². The van der Waals surface area contributed by atoms with Crippen LogP contribution >= 0.6 is 11.6 Å². The Morgan fingerprint density at radius 1 is 0.794 bits per heavy atom. The predicted octanol–water partition coefficient (Wildman–Crippen LogP) is 6.90. The highest BCUT2D eigenvalue weighted by Crippen LogP contribution is 2.30. The zero-order chi connectivity index (χ0) is 24.2. The number of nitrogens with one attached hydrogen (secondary N) is 1. The first kappa shape index (κ1) is 23.1. The Hall–Kier alpha value is -4.10. The molecule has 0 aliphatic rings. The fourth-order valence-electron chi connectivity index (χ4n) is 3.20. The second kappa shape index (κ2) is 9.80. The van der Waals surface area contributed by atoms with Crippen molar-refractivity contribution in [3.05, 3.63) is 119 Å². The van der Waals surface area contributed by atoms with Crippen molar-refractivity contribution in [2.45, 2.75) is 0 Å². The summed E-state index contributed by atoms with van der Waals surface area (Å²) >= 11 is 5.97. The van der Waals surface area contributed by atoms with Gasteiger partial charge in [0.1, 0.15) is 23.2 Å². The molecule has 0 fully saturated rings. The highest BCUT2D eigenvalue weighted by Gasteiger charge is 2.19. The largest absolute Gasteiger partial charge is 0.422 e. The van der Waals surface area contributed by atoms with E-state index in [1.807, 2.05) is 0 Å². The summed E-state index contributed by atoms with van der Waals surface area (Å²) in [6.07, 6.45) is 0. The summed E-state index contributed by atoms with van der Waals surface area (Å²) in [6, 6.07) is 18.2. The molecule has 0 atom stereocenters. The molecular formula is C26H15ClF3NO3. The van der Waals surface area contributed by atoms with Crippen LogP contribution < -0.4 is 10.1 Å². The number of rotatable bonds is 5. The summed E-state index contributed by atoms with van der Waals surface area (Å²) < 4.78 is 46.3. The van der Waals surface area contributed by atoms with Crippen LogP contribution in [0.4, 0.5) is 18.9 Å². The van der Waals surface area contributed by atoms with Gasteiger partial charge in [-0.05, 0) is 72.3 Å². The van der Waals surface area contributed by atoms with Gasteiger partial charge in [-0.25, -0.2) is 18.0 Å². The fraction of sp³-hybridized carbons (Fsp3) is 0. The van der Waals surface area contributed by atoms with E-state index < -0.39 is 29.3 Å². The summed E-state index contributed by atoms with van der Waals surface area (Å²) in [5.41, 5.74) is 0.671. The summed E-state index contributed by atoms with van der Waals surface area (Å²) in [6.45, 7) is 0. The zero-order valence-corrected chi connectivity index (χ0v) is 18.1. The molecule has 0 aromatic heterocycles. The average molecular weight is 482 g/mol. The lowest BCUT2D eigenvalue weighted by atomic mass is 10.0. The van der Waals surface area contributed by atoms with E-state index in [9.17, 15) is 22.8 Å². The maximum absolute atomic E-state index is 14.4. The van der Waals surface area contributed by atoms with Gasteiger partial charge in [-0.3, -0.25) is 4.79 Å². The van der Waals surface area contributed by atoms with Crippen molar-refractivity contribution in [1.82, 2.24) is 0 Å². The molecule has 170 valence electrons. The van der Waals surface area contributed by atoms with E-state index in [4.69, 9.17) is 16.3 Å². The van der Waals surface area contributed by atoms with Crippen LogP contribution in [0.2, 0.25) is 5.02 Å². The van der Waals surface area contributed by atoms with Crippen LogP contribution in [0.3, 0.4) is 0 Å². The van der Waals surface area contributed by atoms with E-state index in [0.717, 1.165) is 24.3 Å². The van der Waals surface area contributed by atoms with E-state index in [1.165, 1.54) is 42.5 Å². The topological polar surface area (TPSA) is 55.4 Å². The van der Waals surface area contributed by atoms with E-state index in [2.05, 4.69) is 5.32 Å². The van der Waals surface area contributed by atoms with Crippen LogP contribution in [0, 0.1) is 17.5 Å². The molecule has 1 amide bonds. The van der Waals surface area contributed by atoms with Crippen LogP contribution in [0.25, 0.3) is 11.1 Å². The third-order valence-electron chi connectivity index (χ3n) is 4.83. The molecule has 0 unspecified atom stereocenters. The Labute approximate surface area is 197 Å². The molecule has 4 nitrogen and oxygen atoms in total. The molecule has 0 spiro atoms. The number of carbonyl (C=O) groups excluding carboxylic acids is 2. The monoisotopic (exact) mass is 481 g/mol. The second-order valence-electron chi connectivity index (χ2n) is 7.20. The van der Waals surface area contributed by atoms with Crippen molar-refractivity contribution < 1.29 is 27.5 Å². The third kappa shape index (κ3) is 5.27. The molecule has 0 heterocycles. The maximum atomic E-state index is 14.4. The first-order valence-corrected chi connectivity index (χ1v) is 10.3. The van der Waals surface area contributed by atoms with Gasteiger partial charge in [0.2, 0.25) is 0 Å². The summed E-state index contributed by atoms with van der Waals surface area (Å²) in [5.74, 6) is -3.68. The zero-order valence-electron chi connectivity index (χ0n) is 17.3. The van der Waals surface area contributed by atoms with Crippen molar-refractivity contribution >= 4 is 29.2 Å². The van der Waals surface area contributed by atoms with Crippen LogP contribution in [0.15, 0.2) is 84.9 Å². The Morgan fingerprint density at radius 3 is 2.24 bits per heavy atom. The van der Waals surface area contributed by atoms with Crippen LogP contribution in [-0.4, -0.2) is 11.9 Å². The number of halogens is 4. The molecule has 4 aromatic carbocycles. The number of anilines is 1. The van der Waals surface area contributed by atoms with Gasteiger partial charge in [0, 0.05) is 22.3 Å². The number of carbonyl (C=O) groups is 2. The van der Waals surface area contributed by atoms with Crippen molar-refractivity contribution in [2.24, 2.45) is 0 Å². The number of esters is 1. The molecule has 0 saturated heterocycles. The predicted molar refractivity (Wildman–Crippen MR) is 123 cm³/mol. The number of benzene rings is 4.